The molecular formula is C29H30N4O9. The van der Waals surface area contributed by atoms with Gasteiger partial charge in [-0.1, -0.05) is 31.2 Å². The summed E-state index contributed by atoms with van der Waals surface area (Å²) in [5.41, 5.74) is 2.48. The minimum absolute atomic E-state index is 0.151. The summed E-state index contributed by atoms with van der Waals surface area (Å²) in [5.74, 6) is -14.4. The number of aliphatic hydroxyl groups excluding tert-OH is 1. The largest absolute Gasteiger partial charge is 0.505 e. The zero-order valence-electron chi connectivity index (χ0n) is 22.9. The number of nitrogens with zero attached hydrogens (tertiary/aromatic N) is 1. The molecule has 2 saturated carbocycles. The highest BCUT2D eigenvalue weighted by molar-refractivity contribution is 6.32. The highest BCUT2D eigenvalue weighted by Crippen LogP contribution is 2.55. The molecule has 5 rings (SSSR count). The van der Waals surface area contributed by atoms with E-state index in [1.54, 1.807) is 37.3 Å². The number of phenols is 1. The van der Waals surface area contributed by atoms with Crippen molar-refractivity contribution in [2.45, 2.75) is 30.6 Å². The number of rotatable bonds is 4. The molecule has 3 aliphatic rings. The van der Waals surface area contributed by atoms with Gasteiger partial charge in [-0.3, -0.25) is 28.9 Å². The van der Waals surface area contributed by atoms with Gasteiger partial charge < -0.3 is 31.7 Å². The van der Waals surface area contributed by atoms with Crippen LogP contribution in [0.15, 0.2) is 42.5 Å². The Labute approximate surface area is 239 Å². The molecule has 13 heteroatoms. The molecule has 0 spiro atoms. The molecule has 220 valence electrons. The summed E-state index contributed by atoms with van der Waals surface area (Å²) in [6.07, 6.45) is -1.73. The van der Waals surface area contributed by atoms with Crippen LogP contribution in [-0.4, -0.2) is 87.1 Å². The average molecular weight is 579 g/mol. The minimum atomic E-state index is -3.09. The van der Waals surface area contributed by atoms with E-state index in [0.29, 0.717) is 5.69 Å². The maximum absolute atomic E-state index is 14.0. The minimum Gasteiger partial charge on any atom is -0.505 e. The van der Waals surface area contributed by atoms with Crippen LogP contribution in [0.4, 0.5) is 16.2 Å². The van der Waals surface area contributed by atoms with Gasteiger partial charge in [0.15, 0.2) is 34.7 Å². The predicted octanol–water partition coefficient (Wildman–Crippen LogP) is 0.0428. The van der Waals surface area contributed by atoms with Gasteiger partial charge in [0.05, 0.1) is 35.2 Å². The number of amides is 3. The van der Waals surface area contributed by atoms with Crippen LogP contribution in [0.2, 0.25) is 0 Å². The normalized spacial score (nSPS) is 32.1. The molecule has 3 amide bonds. The van der Waals surface area contributed by atoms with Gasteiger partial charge >= 0.3 is 6.03 Å². The van der Waals surface area contributed by atoms with Gasteiger partial charge in [-0.2, -0.15) is 0 Å². The summed E-state index contributed by atoms with van der Waals surface area (Å²) in [6.45, 7) is 1.60. The third kappa shape index (κ3) is 4.03. The highest BCUT2D eigenvalue weighted by atomic mass is 16.3. The summed E-state index contributed by atoms with van der Waals surface area (Å²) < 4.78 is 0. The van der Waals surface area contributed by atoms with Crippen LogP contribution in [0, 0.1) is 23.7 Å². The molecule has 42 heavy (non-hydrogen) atoms. The molecule has 2 aromatic rings. The zero-order valence-corrected chi connectivity index (χ0v) is 22.9. The first-order chi connectivity index (χ1) is 19.7. The smallest absolute Gasteiger partial charge is 0.323 e. The van der Waals surface area contributed by atoms with Crippen LogP contribution >= 0.6 is 0 Å². The first kappa shape index (κ1) is 29.0. The van der Waals surface area contributed by atoms with Crippen LogP contribution < -0.4 is 16.4 Å². The molecule has 0 radical (unpaired) electrons. The van der Waals surface area contributed by atoms with Crippen molar-refractivity contribution in [3.05, 3.63) is 53.6 Å². The number of aliphatic hydroxyl groups is 2. The van der Waals surface area contributed by atoms with Crippen molar-refractivity contribution in [2.75, 3.05) is 24.7 Å². The second-order valence-corrected chi connectivity index (χ2v) is 11.2. The van der Waals surface area contributed by atoms with Gasteiger partial charge in [0.2, 0.25) is 5.91 Å². The number of likely N-dealkylation sites (N-methyl/N-ethyl adjacent to an activating group) is 1. The lowest BCUT2D eigenvalue weighted by atomic mass is 9.49. The van der Waals surface area contributed by atoms with E-state index in [1.807, 2.05) is 0 Å². The average Bonchev–Trinajstić information content (AvgIpc) is 2.92. The number of carbonyl (C=O) groups is 6. The molecule has 0 heterocycles. The zero-order chi connectivity index (χ0) is 30.8. The van der Waals surface area contributed by atoms with E-state index in [2.05, 4.69) is 10.6 Å². The Morgan fingerprint density at radius 1 is 0.976 bits per heavy atom. The standard InChI is InChI=1S/C29H30N4O9/c1-11-13-9-10-14(32-28(41)31-12-7-5-4-6-8-12)21(34)16(13)22(35)17-15(11)23(36)19-20(33(2)3)24(37)18(27(30)40)26(39)29(19,42)25(17)38/h4-11,15,17-20,23,34,36,42H,1-3H3,(H2,30,40)(H2,31,32,41)/t11-,15+,17?,18?,19+,20-,23-,29-/m1/s1. The van der Waals surface area contributed by atoms with E-state index in [4.69, 9.17) is 5.73 Å². The number of hydrogen-bond donors (Lipinski definition) is 6. The van der Waals surface area contributed by atoms with Crippen molar-refractivity contribution in [1.29, 1.82) is 0 Å². The summed E-state index contributed by atoms with van der Waals surface area (Å²) in [5, 5.41) is 39.5. The lowest BCUT2D eigenvalue weighted by Gasteiger charge is -2.56. The Bertz CT molecular complexity index is 1540. The van der Waals surface area contributed by atoms with Gasteiger partial charge in [0.25, 0.3) is 0 Å². The Balaban J connectivity index is 1.57. The second-order valence-electron chi connectivity index (χ2n) is 11.2. The number of phenolic OH excluding ortho intramolecular Hbond substituents is 1. The van der Waals surface area contributed by atoms with Crippen molar-refractivity contribution in [2.24, 2.45) is 29.4 Å². The summed E-state index contributed by atoms with van der Waals surface area (Å²) in [6, 6.07) is 9.10. The van der Waals surface area contributed by atoms with Crippen LogP contribution in [-0.2, 0) is 19.2 Å². The van der Waals surface area contributed by atoms with E-state index in [-0.39, 0.29) is 16.8 Å². The Hall–Kier alpha value is -4.46. The van der Waals surface area contributed by atoms with E-state index in [0.717, 1.165) is 0 Å². The van der Waals surface area contributed by atoms with E-state index < -0.39 is 88.2 Å². The van der Waals surface area contributed by atoms with E-state index >= 15 is 0 Å². The van der Waals surface area contributed by atoms with Crippen LogP contribution in [0.5, 0.6) is 5.75 Å². The number of benzene rings is 2. The van der Waals surface area contributed by atoms with Gasteiger partial charge in [-0.15, -0.1) is 0 Å². The fourth-order valence-corrected chi connectivity index (χ4v) is 6.90. The third-order valence-corrected chi connectivity index (χ3v) is 8.77. The van der Waals surface area contributed by atoms with Crippen LogP contribution in [0.3, 0.4) is 0 Å². The molecule has 8 atom stereocenters. The molecule has 0 saturated heterocycles. The fourth-order valence-electron chi connectivity index (χ4n) is 6.90. The molecule has 13 nitrogen and oxygen atoms in total. The number of ketones is 4. The number of urea groups is 1. The van der Waals surface area contributed by atoms with Crippen LogP contribution in [0.1, 0.15) is 28.8 Å². The second kappa shape index (κ2) is 10.1. The van der Waals surface area contributed by atoms with Gasteiger partial charge in [0, 0.05) is 11.6 Å². The molecule has 0 bridgehead atoms. The summed E-state index contributed by atoms with van der Waals surface area (Å²) >= 11 is 0. The number of hydrogen-bond acceptors (Lipinski definition) is 10. The molecule has 0 aromatic heterocycles. The summed E-state index contributed by atoms with van der Waals surface area (Å²) in [4.78, 5) is 80.5. The number of fused-ring (bicyclic) bond motifs is 3. The SMILES string of the molecule is C[C@@H]1c2ccc(NC(=O)Nc3ccccc3)c(O)c2C(=O)C2C(=O)[C@@]3(O)C(=O)C(C(N)=O)C(=O)[C@H](N(C)C)[C@H]3[C@H](O)[C@H]21. The molecule has 2 unspecified atom stereocenters. The molecule has 3 aliphatic carbocycles. The number of nitrogens with two attached hydrogens (primary N) is 1. The van der Waals surface area contributed by atoms with Crippen molar-refractivity contribution in [1.82, 2.24) is 4.90 Å². The topological polar surface area (TPSA) is 216 Å². The number of aromatic hydroxyl groups is 1. The number of primary amides is 1. The Morgan fingerprint density at radius 2 is 1.62 bits per heavy atom. The molecule has 2 aromatic carbocycles. The molecular weight excluding hydrogens is 548 g/mol. The maximum atomic E-state index is 14.0. The Morgan fingerprint density at radius 3 is 2.21 bits per heavy atom. The van der Waals surface area contributed by atoms with Gasteiger partial charge in [-0.25, -0.2) is 4.79 Å². The molecule has 0 aliphatic heterocycles. The predicted molar refractivity (Wildman–Crippen MR) is 147 cm³/mol. The van der Waals surface area contributed by atoms with E-state index in [1.165, 1.54) is 31.1 Å². The van der Waals surface area contributed by atoms with Crippen molar-refractivity contribution < 1.29 is 44.1 Å². The first-order valence-corrected chi connectivity index (χ1v) is 13.2. The number of para-hydroxylation sites is 1. The third-order valence-electron chi connectivity index (χ3n) is 8.77. The maximum Gasteiger partial charge on any atom is 0.323 e. The monoisotopic (exact) mass is 578 g/mol. The van der Waals surface area contributed by atoms with Crippen molar-refractivity contribution in [3.8, 4) is 5.75 Å². The lowest BCUT2D eigenvalue weighted by molar-refractivity contribution is -0.196. The van der Waals surface area contributed by atoms with Crippen molar-refractivity contribution >= 4 is 46.4 Å². The first-order valence-electron chi connectivity index (χ1n) is 13.2. The van der Waals surface area contributed by atoms with Crippen LogP contribution in [0.25, 0.3) is 0 Å². The van der Waals surface area contributed by atoms with Crippen molar-refractivity contribution in [3.63, 3.8) is 0 Å². The quantitative estimate of drug-likeness (QED) is 0.211. The Kier molecular flexibility index (Phi) is 7.00. The summed E-state index contributed by atoms with van der Waals surface area (Å²) in [7, 11) is 2.84. The highest BCUT2D eigenvalue weighted by Gasteiger charge is 2.72. The number of carbonyl (C=O) groups excluding carboxylic acids is 6. The molecule has 2 fully saturated rings. The van der Waals surface area contributed by atoms with Gasteiger partial charge in [0.1, 0.15) is 5.75 Å². The van der Waals surface area contributed by atoms with E-state index in [9.17, 15) is 44.1 Å². The fraction of sp³-hybridized carbons (Fsp3) is 0.379. The lowest BCUT2D eigenvalue weighted by Crippen LogP contribution is -2.77. The van der Waals surface area contributed by atoms with Gasteiger partial charge in [-0.05, 0) is 43.8 Å². The number of nitrogens with one attached hydrogen (secondary N) is 2. The molecule has 7 N–H and O–H groups in total. The number of anilines is 2. The number of Topliss-reactive ketones (excluding diaryl/α,β-unsaturated/α-hetero) is 4.